The van der Waals surface area contributed by atoms with Gasteiger partial charge in [-0.1, -0.05) is 30.3 Å². The fraction of sp³-hybridized carbons (Fsp3) is 0.500. The number of benzene rings is 2. The summed E-state index contributed by atoms with van der Waals surface area (Å²) in [5, 5.41) is 2.82. The molecule has 1 heterocycles. The van der Waals surface area contributed by atoms with Crippen molar-refractivity contribution in [1.29, 1.82) is 0 Å². The van der Waals surface area contributed by atoms with Gasteiger partial charge in [0.25, 0.3) is 0 Å². The van der Waals surface area contributed by atoms with Crippen molar-refractivity contribution in [2.45, 2.75) is 46.3 Å². The Morgan fingerprint density at radius 2 is 1.73 bits per heavy atom. The van der Waals surface area contributed by atoms with Crippen LogP contribution in [0, 0.1) is 13.8 Å². The Morgan fingerprint density at radius 3 is 2.41 bits per heavy atom. The smallest absolute Gasteiger partial charge is 0.0599 e. The minimum Gasteiger partial charge on any atom is -0.378 e. The lowest BCUT2D eigenvalue weighted by molar-refractivity contribution is 0.0126. The van der Waals surface area contributed by atoms with Crippen LogP contribution in [-0.2, 0) is 11.3 Å². The summed E-state index contributed by atoms with van der Waals surface area (Å²) >= 11 is 0. The molecule has 1 aliphatic heterocycles. The third-order valence-corrected chi connectivity index (χ3v) is 4.90. The molecule has 0 aliphatic carbocycles. The van der Waals surface area contributed by atoms with Gasteiger partial charge in [0.05, 0.1) is 6.10 Å². The predicted octanol–water partition coefficient (Wildman–Crippen LogP) is 4.46. The minimum absolute atomic E-state index is 0.470. The lowest BCUT2D eigenvalue weighted by Gasteiger charge is -2.32. The average molecular weight is 297 g/mol. The van der Waals surface area contributed by atoms with E-state index in [1.165, 1.54) is 27.5 Å². The topological polar surface area (TPSA) is 12.5 Å². The predicted molar refractivity (Wildman–Crippen MR) is 93.3 cm³/mol. The van der Waals surface area contributed by atoms with Gasteiger partial charge in [0, 0.05) is 26.2 Å². The van der Waals surface area contributed by atoms with Crippen molar-refractivity contribution in [2.75, 3.05) is 19.7 Å². The van der Waals surface area contributed by atoms with E-state index in [4.69, 9.17) is 4.74 Å². The van der Waals surface area contributed by atoms with Crippen LogP contribution in [0.2, 0.25) is 0 Å². The largest absolute Gasteiger partial charge is 0.378 e. The highest BCUT2D eigenvalue weighted by atomic mass is 16.5. The van der Waals surface area contributed by atoms with Crippen molar-refractivity contribution in [3.63, 3.8) is 0 Å². The molecule has 22 heavy (non-hydrogen) atoms. The second-order valence-electron chi connectivity index (χ2n) is 6.47. The summed E-state index contributed by atoms with van der Waals surface area (Å²) in [5.74, 6) is 0. The molecule has 2 heteroatoms. The number of fused-ring (bicyclic) bond motifs is 1. The SMILES string of the molecule is CCOC1CCN(Cc2c(C)cc(C)c3ccccc23)CC1. The van der Waals surface area contributed by atoms with Gasteiger partial charge in [0.15, 0.2) is 0 Å². The average Bonchev–Trinajstić information content (AvgIpc) is 2.53. The number of hydrogen-bond acceptors (Lipinski definition) is 2. The van der Waals surface area contributed by atoms with Crippen LogP contribution < -0.4 is 0 Å². The van der Waals surface area contributed by atoms with Crippen molar-refractivity contribution >= 4 is 10.8 Å². The van der Waals surface area contributed by atoms with Gasteiger partial charge in [-0.05, 0) is 61.1 Å². The van der Waals surface area contributed by atoms with Crippen LogP contribution in [0.1, 0.15) is 36.5 Å². The molecule has 0 atom stereocenters. The Labute approximate surface area is 134 Å². The molecule has 0 aromatic heterocycles. The summed E-state index contributed by atoms with van der Waals surface area (Å²) in [6.07, 6.45) is 2.80. The van der Waals surface area contributed by atoms with E-state index in [2.05, 4.69) is 56.0 Å². The molecule has 2 nitrogen and oxygen atoms in total. The molecule has 2 aromatic carbocycles. The summed E-state index contributed by atoms with van der Waals surface area (Å²) in [6, 6.07) is 11.2. The van der Waals surface area contributed by atoms with E-state index in [-0.39, 0.29) is 0 Å². The molecule has 0 spiro atoms. The highest BCUT2D eigenvalue weighted by molar-refractivity contribution is 5.89. The lowest BCUT2D eigenvalue weighted by atomic mass is 9.95. The Hall–Kier alpha value is -1.38. The Kier molecular flexibility index (Phi) is 4.80. The molecule has 0 N–H and O–H groups in total. The molecule has 0 amide bonds. The lowest BCUT2D eigenvalue weighted by Crippen LogP contribution is -2.36. The second-order valence-corrected chi connectivity index (χ2v) is 6.47. The number of hydrogen-bond donors (Lipinski definition) is 0. The summed E-state index contributed by atoms with van der Waals surface area (Å²) in [5.41, 5.74) is 4.30. The van der Waals surface area contributed by atoms with Crippen LogP contribution in [0.4, 0.5) is 0 Å². The molecular weight excluding hydrogens is 270 g/mol. The van der Waals surface area contributed by atoms with Crippen molar-refractivity contribution in [2.24, 2.45) is 0 Å². The van der Waals surface area contributed by atoms with Gasteiger partial charge in [0.1, 0.15) is 0 Å². The number of rotatable bonds is 4. The van der Waals surface area contributed by atoms with E-state index < -0.39 is 0 Å². The molecule has 0 unspecified atom stereocenters. The third-order valence-electron chi connectivity index (χ3n) is 4.90. The van der Waals surface area contributed by atoms with Crippen molar-refractivity contribution in [3.8, 4) is 0 Å². The number of likely N-dealkylation sites (tertiary alicyclic amines) is 1. The van der Waals surface area contributed by atoms with Gasteiger partial charge in [0.2, 0.25) is 0 Å². The van der Waals surface area contributed by atoms with Gasteiger partial charge in [-0.15, -0.1) is 0 Å². The molecule has 0 bridgehead atoms. The standard InChI is InChI=1S/C20H27NO/c1-4-22-17-9-11-21(12-10-17)14-20-16(3)13-15(2)18-7-5-6-8-19(18)20/h5-8,13,17H,4,9-12,14H2,1-3H3. The zero-order chi connectivity index (χ0) is 15.5. The Bertz CT molecular complexity index is 641. The Balaban J connectivity index is 1.80. The third kappa shape index (κ3) is 3.18. The molecular formula is C20H27NO. The van der Waals surface area contributed by atoms with Crippen LogP contribution in [0.5, 0.6) is 0 Å². The number of piperidine rings is 1. The molecule has 118 valence electrons. The normalized spacial score (nSPS) is 17.2. The van der Waals surface area contributed by atoms with Crippen LogP contribution in [0.3, 0.4) is 0 Å². The summed E-state index contributed by atoms with van der Waals surface area (Å²) in [6.45, 7) is 10.7. The number of aryl methyl sites for hydroxylation is 2. The Morgan fingerprint density at radius 1 is 1.05 bits per heavy atom. The highest BCUT2D eigenvalue weighted by Crippen LogP contribution is 2.28. The van der Waals surface area contributed by atoms with Gasteiger partial charge >= 0.3 is 0 Å². The van der Waals surface area contributed by atoms with E-state index in [1.807, 2.05) is 0 Å². The van der Waals surface area contributed by atoms with Gasteiger partial charge in [-0.3, -0.25) is 4.90 Å². The molecule has 1 fully saturated rings. The molecule has 2 aromatic rings. The van der Waals surface area contributed by atoms with Gasteiger partial charge < -0.3 is 4.74 Å². The van der Waals surface area contributed by atoms with E-state index in [1.54, 1.807) is 0 Å². The zero-order valence-electron chi connectivity index (χ0n) is 14.1. The van der Waals surface area contributed by atoms with Crippen LogP contribution in [-0.4, -0.2) is 30.7 Å². The molecule has 0 radical (unpaired) electrons. The first-order valence-corrected chi connectivity index (χ1v) is 8.50. The van der Waals surface area contributed by atoms with E-state index >= 15 is 0 Å². The van der Waals surface area contributed by atoms with Gasteiger partial charge in [-0.2, -0.15) is 0 Å². The highest BCUT2D eigenvalue weighted by Gasteiger charge is 2.20. The number of ether oxygens (including phenoxy) is 1. The quantitative estimate of drug-likeness (QED) is 0.826. The first kappa shape index (κ1) is 15.5. The minimum atomic E-state index is 0.470. The summed E-state index contributed by atoms with van der Waals surface area (Å²) < 4.78 is 5.76. The maximum atomic E-state index is 5.76. The molecule has 1 saturated heterocycles. The summed E-state index contributed by atoms with van der Waals surface area (Å²) in [4.78, 5) is 2.58. The van der Waals surface area contributed by atoms with E-state index in [0.717, 1.165) is 39.1 Å². The molecule has 3 rings (SSSR count). The number of nitrogens with zero attached hydrogens (tertiary/aromatic N) is 1. The van der Waals surface area contributed by atoms with Crippen LogP contribution in [0.15, 0.2) is 30.3 Å². The van der Waals surface area contributed by atoms with Crippen molar-refractivity contribution in [1.82, 2.24) is 4.90 Å². The maximum absolute atomic E-state index is 5.76. The van der Waals surface area contributed by atoms with Crippen LogP contribution >= 0.6 is 0 Å². The van der Waals surface area contributed by atoms with Crippen LogP contribution in [0.25, 0.3) is 10.8 Å². The maximum Gasteiger partial charge on any atom is 0.0599 e. The zero-order valence-corrected chi connectivity index (χ0v) is 14.1. The van der Waals surface area contributed by atoms with Crippen molar-refractivity contribution in [3.05, 3.63) is 47.0 Å². The molecule has 0 saturated carbocycles. The van der Waals surface area contributed by atoms with Crippen molar-refractivity contribution < 1.29 is 4.74 Å². The fourth-order valence-corrected chi connectivity index (χ4v) is 3.70. The van der Waals surface area contributed by atoms with Gasteiger partial charge in [-0.25, -0.2) is 0 Å². The second kappa shape index (κ2) is 6.80. The first-order valence-electron chi connectivity index (χ1n) is 8.50. The van der Waals surface area contributed by atoms with E-state index in [9.17, 15) is 0 Å². The molecule has 1 aliphatic rings. The monoisotopic (exact) mass is 297 g/mol. The fourth-order valence-electron chi connectivity index (χ4n) is 3.70. The summed E-state index contributed by atoms with van der Waals surface area (Å²) in [7, 11) is 0. The first-order chi connectivity index (χ1) is 10.7. The van der Waals surface area contributed by atoms with E-state index in [0.29, 0.717) is 6.10 Å².